The maximum Gasteiger partial charge on any atom is 0.123 e. The standard InChI is InChI=1S/C15H19N3O/c1-2-6-15-13(5-1)11-14(19-15)12-16-7-3-9-18-10-4-8-17-18/h1-2,4-6,8,10,14,16H,3,7,9,11-12H2. The van der Waals surface area contributed by atoms with E-state index in [4.69, 9.17) is 4.74 Å². The second-order valence-electron chi connectivity index (χ2n) is 4.88. The lowest BCUT2D eigenvalue weighted by Crippen LogP contribution is -2.31. The average molecular weight is 257 g/mol. The van der Waals surface area contributed by atoms with Gasteiger partial charge in [-0.2, -0.15) is 5.10 Å². The van der Waals surface area contributed by atoms with Crippen molar-refractivity contribution in [3.05, 3.63) is 48.3 Å². The Morgan fingerprint density at radius 2 is 2.26 bits per heavy atom. The number of nitrogens with one attached hydrogen (secondary N) is 1. The van der Waals surface area contributed by atoms with E-state index in [0.717, 1.165) is 38.2 Å². The van der Waals surface area contributed by atoms with E-state index in [1.54, 1.807) is 0 Å². The van der Waals surface area contributed by atoms with Gasteiger partial charge in [0.05, 0.1) is 0 Å². The van der Waals surface area contributed by atoms with Crippen molar-refractivity contribution >= 4 is 0 Å². The minimum Gasteiger partial charge on any atom is -0.488 e. The Hall–Kier alpha value is -1.81. The van der Waals surface area contributed by atoms with Crippen molar-refractivity contribution in [1.29, 1.82) is 0 Å². The topological polar surface area (TPSA) is 39.1 Å². The monoisotopic (exact) mass is 257 g/mol. The predicted molar refractivity (Wildman–Crippen MR) is 74.3 cm³/mol. The molecule has 3 rings (SSSR count). The van der Waals surface area contributed by atoms with Crippen LogP contribution in [0.15, 0.2) is 42.7 Å². The molecule has 1 atom stereocenters. The lowest BCUT2D eigenvalue weighted by atomic mass is 10.1. The zero-order valence-electron chi connectivity index (χ0n) is 11.0. The van der Waals surface area contributed by atoms with E-state index in [1.807, 2.05) is 35.3 Å². The zero-order valence-corrected chi connectivity index (χ0v) is 11.0. The van der Waals surface area contributed by atoms with Gasteiger partial charge in [0.2, 0.25) is 0 Å². The molecular weight excluding hydrogens is 238 g/mol. The molecule has 0 bridgehead atoms. The van der Waals surface area contributed by atoms with E-state index in [-0.39, 0.29) is 6.10 Å². The number of para-hydroxylation sites is 1. The molecule has 100 valence electrons. The van der Waals surface area contributed by atoms with Crippen LogP contribution in [0.3, 0.4) is 0 Å². The summed E-state index contributed by atoms with van der Waals surface area (Å²) in [5, 5.41) is 7.64. The van der Waals surface area contributed by atoms with Crippen molar-refractivity contribution in [2.24, 2.45) is 0 Å². The van der Waals surface area contributed by atoms with Gasteiger partial charge in [-0.05, 0) is 30.7 Å². The number of hydrogen-bond acceptors (Lipinski definition) is 3. The first kappa shape index (κ1) is 12.2. The van der Waals surface area contributed by atoms with Gasteiger partial charge in [-0.25, -0.2) is 0 Å². The summed E-state index contributed by atoms with van der Waals surface area (Å²) >= 11 is 0. The second kappa shape index (κ2) is 5.89. The fourth-order valence-electron chi connectivity index (χ4n) is 2.43. The van der Waals surface area contributed by atoms with Gasteiger partial charge in [0.15, 0.2) is 0 Å². The molecule has 0 saturated carbocycles. The third-order valence-electron chi connectivity index (χ3n) is 3.39. The normalized spacial score (nSPS) is 17.2. The molecule has 0 aliphatic carbocycles. The van der Waals surface area contributed by atoms with Crippen molar-refractivity contribution in [1.82, 2.24) is 15.1 Å². The maximum absolute atomic E-state index is 5.88. The number of benzene rings is 1. The number of aryl methyl sites for hydroxylation is 1. The first-order chi connectivity index (χ1) is 9.42. The smallest absolute Gasteiger partial charge is 0.123 e. The molecule has 2 aromatic rings. The summed E-state index contributed by atoms with van der Waals surface area (Å²) in [4.78, 5) is 0. The van der Waals surface area contributed by atoms with Crippen LogP contribution in [0.4, 0.5) is 0 Å². The maximum atomic E-state index is 5.88. The molecule has 1 aliphatic rings. The molecule has 1 aliphatic heterocycles. The average Bonchev–Trinajstić information content (AvgIpc) is 3.06. The minimum absolute atomic E-state index is 0.280. The largest absolute Gasteiger partial charge is 0.488 e. The highest BCUT2D eigenvalue weighted by atomic mass is 16.5. The van der Waals surface area contributed by atoms with Gasteiger partial charge in [-0.3, -0.25) is 4.68 Å². The SMILES string of the molecule is c1ccc2c(c1)CC(CNCCCn1cccn1)O2. The predicted octanol–water partition coefficient (Wildman–Crippen LogP) is 1.87. The summed E-state index contributed by atoms with van der Waals surface area (Å²) in [6.45, 7) is 2.87. The van der Waals surface area contributed by atoms with Gasteiger partial charge in [0.25, 0.3) is 0 Å². The van der Waals surface area contributed by atoms with Crippen LogP contribution in [-0.4, -0.2) is 29.0 Å². The third-order valence-corrected chi connectivity index (χ3v) is 3.39. The van der Waals surface area contributed by atoms with Crippen molar-refractivity contribution in [2.45, 2.75) is 25.5 Å². The minimum atomic E-state index is 0.280. The Bertz CT molecular complexity index is 485. The van der Waals surface area contributed by atoms with Crippen LogP contribution in [-0.2, 0) is 13.0 Å². The van der Waals surface area contributed by atoms with E-state index in [9.17, 15) is 0 Å². The number of rotatable bonds is 6. The van der Waals surface area contributed by atoms with Gasteiger partial charge in [0, 0.05) is 31.9 Å². The highest BCUT2D eigenvalue weighted by Gasteiger charge is 2.21. The lowest BCUT2D eigenvalue weighted by molar-refractivity contribution is 0.227. The lowest BCUT2D eigenvalue weighted by Gasteiger charge is -2.11. The summed E-state index contributed by atoms with van der Waals surface area (Å²) in [5.41, 5.74) is 1.32. The fourth-order valence-corrected chi connectivity index (χ4v) is 2.43. The molecule has 0 radical (unpaired) electrons. The molecule has 4 heteroatoms. The number of hydrogen-bond donors (Lipinski definition) is 1. The van der Waals surface area contributed by atoms with Crippen LogP contribution < -0.4 is 10.1 Å². The van der Waals surface area contributed by atoms with E-state index in [0.29, 0.717) is 0 Å². The molecule has 0 fully saturated rings. The van der Waals surface area contributed by atoms with Crippen LogP contribution in [0.1, 0.15) is 12.0 Å². The van der Waals surface area contributed by atoms with Crippen molar-refractivity contribution in [3.63, 3.8) is 0 Å². The molecule has 4 nitrogen and oxygen atoms in total. The highest BCUT2D eigenvalue weighted by molar-refractivity contribution is 5.37. The molecule has 2 heterocycles. The van der Waals surface area contributed by atoms with Crippen LogP contribution in [0.25, 0.3) is 0 Å². The van der Waals surface area contributed by atoms with Gasteiger partial charge in [-0.1, -0.05) is 18.2 Å². The van der Waals surface area contributed by atoms with Crippen molar-refractivity contribution in [3.8, 4) is 5.75 Å². The zero-order chi connectivity index (χ0) is 12.9. The number of fused-ring (bicyclic) bond motifs is 1. The fraction of sp³-hybridized carbons (Fsp3) is 0.400. The first-order valence-electron chi connectivity index (χ1n) is 6.84. The van der Waals surface area contributed by atoms with E-state index in [1.165, 1.54) is 5.56 Å². The Balaban J connectivity index is 1.34. The Labute approximate surface area is 113 Å². The number of ether oxygens (including phenoxy) is 1. The number of nitrogens with zero attached hydrogens (tertiary/aromatic N) is 2. The molecule has 0 amide bonds. The van der Waals surface area contributed by atoms with Crippen LogP contribution in [0.5, 0.6) is 5.75 Å². The van der Waals surface area contributed by atoms with Crippen molar-refractivity contribution in [2.75, 3.05) is 13.1 Å². The quantitative estimate of drug-likeness (QED) is 0.803. The molecule has 1 unspecified atom stereocenters. The Morgan fingerprint density at radius 3 is 3.11 bits per heavy atom. The van der Waals surface area contributed by atoms with E-state index >= 15 is 0 Å². The second-order valence-corrected chi connectivity index (χ2v) is 4.88. The van der Waals surface area contributed by atoms with E-state index < -0.39 is 0 Å². The number of aromatic nitrogens is 2. The van der Waals surface area contributed by atoms with Crippen molar-refractivity contribution < 1.29 is 4.74 Å². The molecular formula is C15H19N3O. The Morgan fingerprint density at radius 1 is 1.32 bits per heavy atom. The molecule has 1 aromatic carbocycles. The van der Waals surface area contributed by atoms with Gasteiger partial charge >= 0.3 is 0 Å². The summed E-state index contributed by atoms with van der Waals surface area (Å²) < 4.78 is 7.84. The van der Waals surface area contributed by atoms with Gasteiger partial charge in [-0.15, -0.1) is 0 Å². The molecule has 19 heavy (non-hydrogen) atoms. The third kappa shape index (κ3) is 3.15. The summed E-state index contributed by atoms with van der Waals surface area (Å²) in [6, 6.07) is 10.2. The molecule has 0 spiro atoms. The molecule has 1 N–H and O–H groups in total. The molecule has 0 saturated heterocycles. The Kier molecular flexibility index (Phi) is 3.79. The molecule has 1 aromatic heterocycles. The van der Waals surface area contributed by atoms with Crippen LogP contribution in [0, 0.1) is 0 Å². The summed E-state index contributed by atoms with van der Waals surface area (Å²) in [5.74, 6) is 1.05. The summed E-state index contributed by atoms with van der Waals surface area (Å²) in [7, 11) is 0. The van der Waals surface area contributed by atoms with E-state index in [2.05, 4.69) is 22.5 Å². The highest BCUT2D eigenvalue weighted by Crippen LogP contribution is 2.27. The summed E-state index contributed by atoms with van der Waals surface area (Å²) in [6.07, 6.45) is 6.19. The first-order valence-corrected chi connectivity index (χ1v) is 6.84. The van der Waals surface area contributed by atoms with Crippen LogP contribution >= 0.6 is 0 Å². The van der Waals surface area contributed by atoms with Gasteiger partial charge < -0.3 is 10.1 Å². The van der Waals surface area contributed by atoms with Crippen LogP contribution in [0.2, 0.25) is 0 Å². The van der Waals surface area contributed by atoms with Gasteiger partial charge in [0.1, 0.15) is 11.9 Å².